The lowest BCUT2D eigenvalue weighted by atomic mass is 9.96. The third kappa shape index (κ3) is 2.73. The zero-order chi connectivity index (χ0) is 12.1. The standard InChI is InChI=1S/C12H16O4/c1-8(5-6-13)12(15)10-4-3-9(16-2)7-11(10)14/h3-4,7-8,13-14H,5-6H2,1-2H3. The molecule has 1 rings (SSSR count). The van der Waals surface area contributed by atoms with E-state index in [4.69, 9.17) is 9.84 Å². The van der Waals surface area contributed by atoms with Crippen LogP contribution in [0.1, 0.15) is 23.7 Å². The maximum Gasteiger partial charge on any atom is 0.169 e. The summed E-state index contributed by atoms with van der Waals surface area (Å²) >= 11 is 0. The molecule has 0 spiro atoms. The second-order valence-electron chi connectivity index (χ2n) is 3.66. The van der Waals surface area contributed by atoms with E-state index in [2.05, 4.69) is 0 Å². The third-order valence-electron chi connectivity index (χ3n) is 2.48. The molecule has 2 N–H and O–H groups in total. The van der Waals surface area contributed by atoms with Crippen molar-refractivity contribution in [1.82, 2.24) is 0 Å². The zero-order valence-electron chi connectivity index (χ0n) is 9.43. The van der Waals surface area contributed by atoms with Gasteiger partial charge in [0.2, 0.25) is 0 Å². The Labute approximate surface area is 94.5 Å². The molecule has 0 radical (unpaired) electrons. The van der Waals surface area contributed by atoms with Gasteiger partial charge in [-0.3, -0.25) is 4.79 Å². The number of phenols is 1. The van der Waals surface area contributed by atoms with E-state index in [1.54, 1.807) is 13.0 Å². The SMILES string of the molecule is COc1ccc(C(=O)C(C)CCO)c(O)c1. The second-order valence-corrected chi connectivity index (χ2v) is 3.66. The largest absolute Gasteiger partial charge is 0.507 e. The molecule has 0 aliphatic heterocycles. The van der Waals surface area contributed by atoms with Crippen molar-refractivity contribution in [2.24, 2.45) is 5.92 Å². The number of methoxy groups -OCH3 is 1. The number of hydrogen-bond acceptors (Lipinski definition) is 4. The van der Waals surface area contributed by atoms with E-state index in [1.807, 2.05) is 0 Å². The van der Waals surface area contributed by atoms with Crippen LogP contribution in [0.3, 0.4) is 0 Å². The highest BCUT2D eigenvalue weighted by Crippen LogP contribution is 2.26. The van der Waals surface area contributed by atoms with Gasteiger partial charge in [0.05, 0.1) is 12.7 Å². The van der Waals surface area contributed by atoms with Crippen LogP contribution in [0.5, 0.6) is 11.5 Å². The molecule has 0 amide bonds. The molecular weight excluding hydrogens is 208 g/mol. The summed E-state index contributed by atoms with van der Waals surface area (Å²) in [5.41, 5.74) is 0.266. The summed E-state index contributed by atoms with van der Waals surface area (Å²) in [5, 5.41) is 18.4. The number of aromatic hydroxyl groups is 1. The topological polar surface area (TPSA) is 66.8 Å². The molecule has 0 heterocycles. The molecule has 1 atom stereocenters. The molecule has 1 unspecified atom stereocenters. The zero-order valence-corrected chi connectivity index (χ0v) is 9.43. The van der Waals surface area contributed by atoms with Crippen LogP contribution < -0.4 is 4.74 Å². The van der Waals surface area contributed by atoms with Gasteiger partial charge in [0.1, 0.15) is 11.5 Å². The second kappa shape index (κ2) is 5.51. The average molecular weight is 224 g/mol. The first kappa shape index (κ1) is 12.5. The summed E-state index contributed by atoms with van der Waals surface area (Å²) < 4.78 is 4.93. The molecule has 0 aromatic heterocycles. The Kier molecular flexibility index (Phi) is 4.31. The number of benzene rings is 1. The maximum atomic E-state index is 11.8. The smallest absolute Gasteiger partial charge is 0.169 e. The van der Waals surface area contributed by atoms with Gasteiger partial charge in [-0.05, 0) is 18.6 Å². The van der Waals surface area contributed by atoms with Crippen molar-refractivity contribution in [3.63, 3.8) is 0 Å². The normalized spacial score (nSPS) is 12.2. The summed E-state index contributed by atoms with van der Waals surface area (Å²) in [5.74, 6) is -0.0588. The Morgan fingerprint density at radius 2 is 2.19 bits per heavy atom. The highest BCUT2D eigenvalue weighted by atomic mass is 16.5. The Balaban J connectivity index is 2.91. The van der Waals surface area contributed by atoms with E-state index < -0.39 is 0 Å². The van der Waals surface area contributed by atoms with Gasteiger partial charge in [-0.2, -0.15) is 0 Å². The summed E-state index contributed by atoms with van der Waals surface area (Å²) in [7, 11) is 1.49. The van der Waals surface area contributed by atoms with E-state index in [-0.39, 0.29) is 29.6 Å². The predicted molar refractivity (Wildman–Crippen MR) is 59.9 cm³/mol. The molecule has 0 saturated carbocycles. The van der Waals surface area contributed by atoms with Crippen LogP contribution in [0.15, 0.2) is 18.2 Å². The van der Waals surface area contributed by atoms with Gasteiger partial charge in [0, 0.05) is 18.6 Å². The van der Waals surface area contributed by atoms with E-state index >= 15 is 0 Å². The summed E-state index contributed by atoms with van der Waals surface area (Å²) in [6.45, 7) is 1.69. The van der Waals surface area contributed by atoms with Crippen LogP contribution in [0, 0.1) is 5.92 Å². The third-order valence-corrected chi connectivity index (χ3v) is 2.48. The van der Waals surface area contributed by atoms with Gasteiger partial charge in [-0.1, -0.05) is 6.92 Å². The van der Waals surface area contributed by atoms with Gasteiger partial charge >= 0.3 is 0 Å². The number of hydrogen-bond donors (Lipinski definition) is 2. The molecule has 0 aliphatic rings. The Morgan fingerprint density at radius 3 is 2.69 bits per heavy atom. The van der Waals surface area contributed by atoms with Crippen molar-refractivity contribution in [3.8, 4) is 11.5 Å². The molecule has 16 heavy (non-hydrogen) atoms. The fourth-order valence-electron chi connectivity index (χ4n) is 1.44. The molecule has 88 valence electrons. The van der Waals surface area contributed by atoms with E-state index in [9.17, 15) is 9.90 Å². The number of aliphatic hydroxyl groups excluding tert-OH is 1. The van der Waals surface area contributed by atoms with Crippen molar-refractivity contribution in [3.05, 3.63) is 23.8 Å². The first-order valence-electron chi connectivity index (χ1n) is 5.12. The van der Waals surface area contributed by atoms with Gasteiger partial charge in [-0.15, -0.1) is 0 Å². The van der Waals surface area contributed by atoms with Crippen LogP contribution in [-0.2, 0) is 0 Å². The average Bonchev–Trinajstić information content (AvgIpc) is 2.28. The quantitative estimate of drug-likeness (QED) is 0.745. The number of aliphatic hydroxyl groups is 1. The Morgan fingerprint density at radius 1 is 1.50 bits per heavy atom. The summed E-state index contributed by atoms with van der Waals surface area (Å²) in [4.78, 5) is 11.8. The first-order chi connectivity index (χ1) is 7.60. The minimum atomic E-state index is -0.302. The minimum Gasteiger partial charge on any atom is -0.507 e. The lowest BCUT2D eigenvalue weighted by Crippen LogP contribution is -2.13. The fourth-order valence-corrected chi connectivity index (χ4v) is 1.44. The van der Waals surface area contributed by atoms with Crippen molar-refractivity contribution in [1.29, 1.82) is 0 Å². The van der Waals surface area contributed by atoms with Crippen LogP contribution in [0.2, 0.25) is 0 Å². The molecule has 4 nitrogen and oxygen atoms in total. The Hall–Kier alpha value is -1.55. The molecule has 4 heteroatoms. The number of rotatable bonds is 5. The van der Waals surface area contributed by atoms with Gasteiger partial charge < -0.3 is 14.9 Å². The van der Waals surface area contributed by atoms with Gasteiger partial charge in [0.25, 0.3) is 0 Å². The van der Waals surface area contributed by atoms with Crippen LogP contribution >= 0.6 is 0 Å². The number of carbonyl (C=O) groups is 1. The number of Topliss-reactive ketones (excluding diaryl/α,β-unsaturated/α-hetero) is 1. The lowest BCUT2D eigenvalue weighted by Gasteiger charge is -2.10. The van der Waals surface area contributed by atoms with E-state index in [0.29, 0.717) is 12.2 Å². The van der Waals surface area contributed by atoms with Crippen molar-refractivity contribution >= 4 is 5.78 Å². The molecular formula is C12H16O4. The van der Waals surface area contributed by atoms with Gasteiger partial charge in [0.15, 0.2) is 5.78 Å². The molecule has 0 bridgehead atoms. The first-order valence-corrected chi connectivity index (χ1v) is 5.12. The molecule has 1 aromatic carbocycles. The number of ether oxygens (including phenoxy) is 1. The van der Waals surface area contributed by atoms with Crippen LogP contribution in [0.4, 0.5) is 0 Å². The number of phenolic OH excluding ortho intramolecular Hbond substituents is 1. The maximum absolute atomic E-state index is 11.8. The van der Waals surface area contributed by atoms with Gasteiger partial charge in [-0.25, -0.2) is 0 Å². The van der Waals surface area contributed by atoms with Crippen LogP contribution in [0.25, 0.3) is 0 Å². The predicted octanol–water partition coefficient (Wildman–Crippen LogP) is 1.60. The molecule has 0 saturated heterocycles. The van der Waals surface area contributed by atoms with E-state index in [0.717, 1.165) is 0 Å². The summed E-state index contributed by atoms with van der Waals surface area (Å²) in [6, 6.07) is 4.56. The van der Waals surface area contributed by atoms with Crippen molar-refractivity contribution < 1.29 is 19.7 Å². The van der Waals surface area contributed by atoms with E-state index in [1.165, 1.54) is 19.2 Å². The highest BCUT2D eigenvalue weighted by molar-refractivity contribution is 6.00. The lowest BCUT2D eigenvalue weighted by molar-refractivity contribution is 0.0905. The molecule has 0 fully saturated rings. The monoisotopic (exact) mass is 224 g/mol. The van der Waals surface area contributed by atoms with Crippen molar-refractivity contribution in [2.45, 2.75) is 13.3 Å². The molecule has 1 aromatic rings. The van der Waals surface area contributed by atoms with Crippen molar-refractivity contribution in [2.75, 3.05) is 13.7 Å². The van der Waals surface area contributed by atoms with Crippen LogP contribution in [-0.4, -0.2) is 29.7 Å². The number of carbonyl (C=O) groups excluding carboxylic acids is 1. The minimum absolute atomic E-state index is 0.0379. The number of ketones is 1. The summed E-state index contributed by atoms with van der Waals surface area (Å²) in [6.07, 6.45) is 0.393. The fraction of sp³-hybridized carbons (Fsp3) is 0.417. The highest BCUT2D eigenvalue weighted by Gasteiger charge is 2.18. The Bertz CT molecular complexity index is 373. The molecule has 0 aliphatic carbocycles.